The van der Waals surface area contributed by atoms with Crippen LogP contribution in [0.1, 0.15) is 54.4 Å². The smallest absolute Gasteiger partial charge is 0.340 e. The molecule has 0 spiro atoms. The zero-order valence-corrected chi connectivity index (χ0v) is 19.9. The number of halogens is 1. The molecule has 1 N–H and O–H groups in total. The van der Waals surface area contributed by atoms with Crippen molar-refractivity contribution in [1.29, 1.82) is 0 Å². The number of aryl methyl sites for hydroxylation is 1. The van der Waals surface area contributed by atoms with E-state index in [4.69, 9.17) is 4.74 Å². The molecule has 4 rings (SSSR count). The molecule has 0 radical (unpaired) electrons. The van der Waals surface area contributed by atoms with Crippen molar-refractivity contribution in [2.24, 2.45) is 0 Å². The van der Waals surface area contributed by atoms with Gasteiger partial charge < -0.3 is 14.7 Å². The van der Waals surface area contributed by atoms with Gasteiger partial charge in [0.2, 0.25) is 0 Å². The zero-order chi connectivity index (χ0) is 23.4. The van der Waals surface area contributed by atoms with E-state index in [0.717, 1.165) is 36.4 Å². The lowest BCUT2D eigenvalue weighted by Gasteiger charge is -2.39. The van der Waals surface area contributed by atoms with Crippen LogP contribution >= 0.6 is 11.3 Å². The highest BCUT2D eigenvalue weighted by atomic mass is 32.1. The average Bonchev–Trinajstić information content (AvgIpc) is 3.34. The fourth-order valence-electron chi connectivity index (χ4n) is 4.95. The Balaban J connectivity index is 1.84. The van der Waals surface area contributed by atoms with Gasteiger partial charge in [0.25, 0.3) is 0 Å². The summed E-state index contributed by atoms with van der Waals surface area (Å²) in [4.78, 5) is 16.6. The summed E-state index contributed by atoms with van der Waals surface area (Å²) in [5, 5.41) is 12.8. The van der Waals surface area contributed by atoms with E-state index in [1.54, 1.807) is 30.3 Å². The molecule has 1 aliphatic rings. The SMILES string of the molecule is CCN(CC)[C@H]1CCc2ccc(F)cc2[C@](OC(=O)C(O)c2ccccc2)(c2cccs2)C1. The van der Waals surface area contributed by atoms with Crippen LogP contribution in [0.15, 0.2) is 66.0 Å². The maximum atomic E-state index is 14.6. The fourth-order valence-corrected chi connectivity index (χ4v) is 5.83. The van der Waals surface area contributed by atoms with Gasteiger partial charge in [-0.3, -0.25) is 0 Å². The first kappa shape index (κ1) is 23.6. The molecule has 0 saturated heterocycles. The number of benzene rings is 2. The molecule has 33 heavy (non-hydrogen) atoms. The Labute approximate surface area is 198 Å². The first-order valence-electron chi connectivity index (χ1n) is 11.5. The number of aliphatic hydroxyl groups is 1. The van der Waals surface area contributed by atoms with Gasteiger partial charge in [-0.1, -0.05) is 56.3 Å². The Morgan fingerprint density at radius 1 is 1.18 bits per heavy atom. The number of ether oxygens (including phenoxy) is 1. The molecule has 0 fully saturated rings. The van der Waals surface area contributed by atoms with E-state index in [9.17, 15) is 14.3 Å². The maximum Gasteiger partial charge on any atom is 0.340 e. The Hall–Kier alpha value is -2.54. The van der Waals surface area contributed by atoms with E-state index in [-0.39, 0.29) is 11.9 Å². The third-order valence-corrected chi connectivity index (χ3v) is 7.65. The molecular weight excluding hydrogens is 437 g/mol. The van der Waals surface area contributed by atoms with E-state index < -0.39 is 17.7 Å². The van der Waals surface area contributed by atoms with Crippen molar-refractivity contribution >= 4 is 17.3 Å². The Kier molecular flexibility index (Phi) is 7.27. The minimum Gasteiger partial charge on any atom is -0.446 e. The third kappa shape index (κ3) is 4.74. The number of carbonyl (C=O) groups excluding carboxylic acids is 1. The highest BCUT2D eigenvalue weighted by Gasteiger charge is 2.46. The number of nitrogens with zero attached hydrogens (tertiary/aromatic N) is 1. The summed E-state index contributed by atoms with van der Waals surface area (Å²) in [6, 6.07) is 17.5. The van der Waals surface area contributed by atoms with Crippen molar-refractivity contribution in [2.75, 3.05) is 13.1 Å². The summed E-state index contributed by atoms with van der Waals surface area (Å²) in [6.45, 7) is 5.98. The van der Waals surface area contributed by atoms with Crippen LogP contribution in [-0.2, 0) is 21.6 Å². The summed E-state index contributed by atoms with van der Waals surface area (Å²) in [5.74, 6) is -1.10. The summed E-state index contributed by atoms with van der Waals surface area (Å²) in [6.07, 6.45) is 0.726. The molecule has 0 amide bonds. The van der Waals surface area contributed by atoms with Crippen LogP contribution in [0, 0.1) is 5.82 Å². The largest absolute Gasteiger partial charge is 0.446 e. The number of aliphatic hydroxyl groups excluding tert-OH is 1. The summed E-state index contributed by atoms with van der Waals surface area (Å²) < 4.78 is 20.9. The first-order valence-corrected chi connectivity index (χ1v) is 12.4. The molecular formula is C27H30FNO3S. The van der Waals surface area contributed by atoms with Gasteiger partial charge in [0, 0.05) is 18.0 Å². The fraction of sp³-hybridized carbons (Fsp3) is 0.370. The van der Waals surface area contributed by atoms with E-state index in [1.165, 1.54) is 23.5 Å². The quantitative estimate of drug-likeness (QED) is 0.371. The van der Waals surface area contributed by atoms with E-state index in [1.807, 2.05) is 23.6 Å². The van der Waals surface area contributed by atoms with Crippen LogP contribution in [0.25, 0.3) is 0 Å². The minimum absolute atomic E-state index is 0.138. The molecule has 1 aliphatic carbocycles. The molecule has 1 unspecified atom stereocenters. The lowest BCUT2D eigenvalue weighted by Crippen LogP contribution is -2.43. The summed E-state index contributed by atoms with van der Waals surface area (Å²) in [7, 11) is 0. The topological polar surface area (TPSA) is 49.8 Å². The highest BCUT2D eigenvalue weighted by Crippen LogP contribution is 2.46. The maximum absolute atomic E-state index is 14.6. The van der Waals surface area contributed by atoms with Crippen molar-refractivity contribution in [2.45, 2.75) is 50.9 Å². The summed E-state index contributed by atoms with van der Waals surface area (Å²) in [5.41, 5.74) is 0.939. The number of esters is 1. The number of thiophene rings is 1. The van der Waals surface area contributed by atoms with Gasteiger partial charge in [-0.25, -0.2) is 9.18 Å². The predicted molar refractivity (Wildman–Crippen MR) is 129 cm³/mol. The first-order chi connectivity index (χ1) is 16.0. The predicted octanol–water partition coefficient (Wildman–Crippen LogP) is 5.45. The molecule has 3 atom stereocenters. The minimum atomic E-state index is -1.42. The van der Waals surface area contributed by atoms with Crippen molar-refractivity contribution in [1.82, 2.24) is 4.90 Å². The van der Waals surface area contributed by atoms with Crippen LogP contribution < -0.4 is 0 Å². The van der Waals surface area contributed by atoms with Crippen molar-refractivity contribution in [3.63, 3.8) is 0 Å². The second-order valence-electron chi connectivity index (χ2n) is 8.46. The van der Waals surface area contributed by atoms with Crippen LogP contribution in [0.2, 0.25) is 0 Å². The second kappa shape index (κ2) is 10.2. The monoisotopic (exact) mass is 467 g/mol. The van der Waals surface area contributed by atoms with Gasteiger partial charge in [0.05, 0.1) is 4.88 Å². The molecule has 3 aromatic rings. The number of hydrogen-bond acceptors (Lipinski definition) is 5. The van der Waals surface area contributed by atoms with Gasteiger partial charge in [-0.2, -0.15) is 0 Å². The highest BCUT2D eigenvalue weighted by molar-refractivity contribution is 7.10. The lowest BCUT2D eigenvalue weighted by atomic mass is 9.84. The van der Waals surface area contributed by atoms with Gasteiger partial charge in [0.15, 0.2) is 11.7 Å². The zero-order valence-electron chi connectivity index (χ0n) is 19.0. The van der Waals surface area contributed by atoms with Crippen molar-refractivity contribution in [3.05, 3.63) is 93.4 Å². The standard InChI is InChI=1S/C27H30FNO3S/c1-3-29(4-2)22-15-13-19-12-14-21(28)17-23(19)27(18-22,24-11-8-16-33-24)32-26(31)25(30)20-9-6-5-7-10-20/h5-12,14,16-17,22,25,30H,3-4,13,15,18H2,1-2H3/t22-,25?,27-/m0/s1. The van der Waals surface area contributed by atoms with Crippen LogP contribution in [0.3, 0.4) is 0 Å². The van der Waals surface area contributed by atoms with Gasteiger partial charge in [-0.15, -0.1) is 11.3 Å². The molecule has 6 heteroatoms. The van der Waals surface area contributed by atoms with Gasteiger partial charge >= 0.3 is 5.97 Å². The van der Waals surface area contributed by atoms with Crippen molar-refractivity contribution in [3.8, 4) is 0 Å². The van der Waals surface area contributed by atoms with Crippen molar-refractivity contribution < 1.29 is 19.0 Å². The van der Waals surface area contributed by atoms with Crippen LogP contribution in [0.5, 0.6) is 0 Å². The summed E-state index contributed by atoms with van der Waals surface area (Å²) >= 11 is 1.49. The van der Waals surface area contributed by atoms with Crippen LogP contribution in [0.4, 0.5) is 4.39 Å². The van der Waals surface area contributed by atoms with E-state index >= 15 is 0 Å². The van der Waals surface area contributed by atoms with E-state index in [2.05, 4.69) is 18.7 Å². The molecule has 1 aromatic heterocycles. The number of rotatable bonds is 7. The molecule has 0 bridgehead atoms. The van der Waals surface area contributed by atoms with Gasteiger partial charge in [0.1, 0.15) is 5.82 Å². The number of fused-ring (bicyclic) bond motifs is 1. The second-order valence-corrected chi connectivity index (χ2v) is 9.41. The van der Waals surface area contributed by atoms with Crippen LogP contribution in [-0.4, -0.2) is 35.1 Å². The number of carbonyl (C=O) groups is 1. The Morgan fingerprint density at radius 2 is 1.94 bits per heavy atom. The molecule has 174 valence electrons. The third-order valence-electron chi connectivity index (χ3n) is 6.64. The average molecular weight is 468 g/mol. The molecule has 0 saturated carbocycles. The normalized spacial score (nSPS) is 21.3. The molecule has 1 heterocycles. The molecule has 4 nitrogen and oxygen atoms in total. The number of hydrogen-bond donors (Lipinski definition) is 1. The Bertz CT molecular complexity index is 1070. The van der Waals surface area contributed by atoms with E-state index in [0.29, 0.717) is 17.5 Å². The Morgan fingerprint density at radius 3 is 2.61 bits per heavy atom. The lowest BCUT2D eigenvalue weighted by molar-refractivity contribution is -0.169. The van der Waals surface area contributed by atoms with Gasteiger partial charge in [-0.05, 0) is 60.6 Å². The molecule has 0 aliphatic heterocycles. The molecule has 2 aromatic carbocycles.